The van der Waals surface area contributed by atoms with Gasteiger partial charge in [-0.05, 0) is 64.5 Å². The lowest BCUT2D eigenvalue weighted by atomic mass is 9.82. The summed E-state index contributed by atoms with van der Waals surface area (Å²) in [6.07, 6.45) is 6.66. The van der Waals surface area contributed by atoms with Crippen molar-refractivity contribution in [1.82, 2.24) is 4.90 Å². The van der Waals surface area contributed by atoms with Gasteiger partial charge in [-0.1, -0.05) is 24.6 Å². The third-order valence-corrected chi connectivity index (χ3v) is 5.33. The second-order valence-electron chi connectivity index (χ2n) is 7.83. The van der Waals surface area contributed by atoms with Gasteiger partial charge in [0, 0.05) is 12.6 Å². The van der Waals surface area contributed by atoms with Crippen molar-refractivity contribution in [2.24, 2.45) is 5.92 Å². The summed E-state index contributed by atoms with van der Waals surface area (Å²) in [6.45, 7) is 9.66. The lowest BCUT2D eigenvalue weighted by molar-refractivity contribution is -0.0330. The van der Waals surface area contributed by atoms with Crippen LogP contribution in [0.3, 0.4) is 0 Å². The first-order valence-electron chi connectivity index (χ1n) is 8.89. The molecular weight excluding hydrogens is 290 g/mol. The number of fused-ring (bicyclic) bond motifs is 1. The van der Waals surface area contributed by atoms with Crippen LogP contribution in [-0.4, -0.2) is 57.2 Å². The van der Waals surface area contributed by atoms with Crippen LogP contribution in [0, 0.1) is 5.92 Å². The SMILES string of the molecule is C/C(=C\C[C@H](C)/C=C1\CN2CCCC2[C@@](C)(O)C1)[C@H](O)[C@H](C)O. The minimum absolute atomic E-state index is 0.318. The Morgan fingerprint density at radius 3 is 2.74 bits per heavy atom. The molecule has 2 aliphatic rings. The van der Waals surface area contributed by atoms with Gasteiger partial charge in [-0.2, -0.15) is 0 Å². The molecule has 2 rings (SSSR count). The van der Waals surface area contributed by atoms with Crippen LogP contribution in [0.4, 0.5) is 0 Å². The number of allylic oxidation sites excluding steroid dienone is 2. The van der Waals surface area contributed by atoms with Crippen LogP contribution in [0.15, 0.2) is 23.3 Å². The van der Waals surface area contributed by atoms with E-state index in [4.69, 9.17) is 0 Å². The van der Waals surface area contributed by atoms with E-state index in [1.165, 1.54) is 12.0 Å². The zero-order valence-electron chi connectivity index (χ0n) is 15.0. The Morgan fingerprint density at radius 1 is 1.39 bits per heavy atom. The largest absolute Gasteiger partial charge is 0.390 e. The Balaban J connectivity index is 1.97. The number of aliphatic hydroxyl groups is 3. The molecule has 5 atom stereocenters. The van der Waals surface area contributed by atoms with Crippen molar-refractivity contribution in [3.05, 3.63) is 23.3 Å². The van der Waals surface area contributed by atoms with Crippen molar-refractivity contribution in [2.45, 2.75) is 77.2 Å². The Morgan fingerprint density at radius 2 is 2.09 bits per heavy atom. The molecule has 2 saturated heterocycles. The molecule has 2 heterocycles. The molecule has 23 heavy (non-hydrogen) atoms. The zero-order valence-corrected chi connectivity index (χ0v) is 15.0. The lowest BCUT2D eigenvalue weighted by Crippen LogP contribution is -2.52. The summed E-state index contributed by atoms with van der Waals surface area (Å²) in [4.78, 5) is 2.42. The molecule has 0 saturated carbocycles. The summed E-state index contributed by atoms with van der Waals surface area (Å²) in [5, 5.41) is 30.0. The predicted octanol–water partition coefficient (Wildman–Crippen LogP) is 2.25. The number of aliphatic hydroxyl groups excluding tert-OH is 2. The molecule has 0 spiro atoms. The molecule has 4 nitrogen and oxygen atoms in total. The maximum absolute atomic E-state index is 10.7. The molecule has 3 N–H and O–H groups in total. The summed E-state index contributed by atoms with van der Waals surface area (Å²) in [5.74, 6) is 0.358. The fraction of sp³-hybridized carbons (Fsp3) is 0.789. The summed E-state index contributed by atoms with van der Waals surface area (Å²) in [5.41, 5.74) is 1.53. The summed E-state index contributed by atoms with van der Waals surface area (Å²) in [6, 6.07) is 0.318. The van der Waals surface area contributed by atoms with E-state index in [0.29, 0.717) is 12.0 Å². The molecular formula is C19H33NO3. The first kappa shape index (κ1) is 18.7. The van der Waals surface area contributed by atoms with E-state index < -0.39 is 17.8 Å². The Bertz CT molecular complexity index is 467. The number of nitrogens with zero attached hydrogens (tertiary/aromatic N) is 1. The van der Waals surface area contributed by atoms with E-state index in [0.717, 1.165) is 37.9 Å². The van der Waals surface area contributed by atoms with Gasteiger partial charge in [0.15, 0.2) is 0 Å². The van der Waals surface area contributed by atoms with E-state index in [1.807, 2.05) is 19.9 Å². The van der Waals surface area contributed by atoms with Gasteiger partial charge in [0.05, 0.1) is 11.7 Å². The van der Waals surface area contributed by atoms with Crippen LogP contribution in [-0.2, 0) is 0 Å². The second kappa shape index (κ2) is 7.47. The van der Waals surface area contributed by atoms with Gasteiger partial charge in [-0.3, -0.25) is 4.90 Å². The standard InChI is InChI=1S/C19H33NO3/c1-13(7-8-14(2)18(22)15(3)21)10-16-11-19(4,23)17-6-5-9-20(17)12-16/h8,10,13,15,17-18,21-23H,5-7,9,11-12H2,1-4H3/b14-8+,16-10-/t13-,15-,17?,18-,19-/m0/s1. The molecule has 1 unspecified atom stereocenters. The van der Waals surface area contributed by atoms with Crippen molar-refractivity contribution in [1.29, 1.82) is 0 Å². The Hall–Kier alpha value is -0.680. The smallest absolute Gasteiger partial charge is 0.100 e. The number of rotatable bonds is 5. The fourth-order valence-electron chi connectivity index (χ4n) is 4.07. The average Bonchev–Trinajstić information content (AvgIpc) is 2.92. The third-order valence-electron chi connectivity index (χ3n) is 5.33. The fourth-order valence-corrected chi connectivity index (χ4v) is 4.07. The van der Waals surface area contributed by atoms with Crippen molar-refractivity contribution < 1.29 is 15.3 Å². The lowest BCUT2D eigenvalue weighted by Gasteiger charge is -2.43. The molecule has 2 fully saturated rings. The van der Waals surface area contributed by atoms with Crippen molar-refractivity contribution >= 4 is 0 Å². The highest BCUT2D eigenvalue weighted by Gasteiger charge is 2.43. The quantitative estimate of drug-likeness (QED) is 0.679. The van der Waals surface area contributed by atoms with Gasteiger partial charge in [0.2, 0.25) is 0 Å². The van der Waals surface area contributed by atoms with Gasteiger partial charge in [0.25, 0.3) is 0 Å². The molecule has 2 aliphatic heterocycles. The van der Waals surface area contributed by atoms with E-state index in [-0.39, 0.29) is 0 Å². The van der Waals surface area contributed by atoms with E-state index in [2.05, 4.69) is 17.9 Å². The predicted molar refractivity (Wildman–Crippen MR) is 93.1 cm³/mol. The molecule has 4 heteroatoms. The number of piperidine rings is 1. The minimum atomic E-state index is -0.782. The van der Waals surface area contributed by atoms with E-state index >= 15 is 0 Å². The summed E-state index contributed by atoms with van der Waals surface area (Å²) in [7, 11) is 0. The molecule has 0 aromatic heterocycles. The first-order valence-corrected chi connectivity index (χ1v) is 8.89. The third kappa shape index (κ3) is 4.66. The van der Waals surface area contributed by atoms with Crippen LogP contribution >= 0.6 is 0 Å². The van der Waals surface area contributed by atoms with Crippen molar-refractivity contribution in [3.8, 4) is 0 Å². The van der Waals surface area contributed by atoms with Gasteiger partial charge in [-0.15, -0.1) is 0 Å². The Labute approximate surface area is 140 Å². The van der Waals surface area contributed by atoms with Gasteiger partial charge >= 0.3 is 0 Å². The molecule has 132 valence electrons. The molecule has 0 aromatic rings. The highest BCUT2D eigenvalue weighted by molar-refractivity contribution is 5.18. The van der Waals surface area contributed by atoms with Gasteiger partial charge in [0.1, 0.15) is 6.10 Å². The Kier molecular flexibility index (Phi) is 6.06. The maximum atomic E-state index is 10.7. The van der Waals surface area contributed by atoms with Crippen molar-refractivity contribution in [2.75, 3.05) is 13.1 Å². The number of hydrogen-bond donors (Lipinski definition) is 3. The molecule has 0 aliphatic carbocycles. The van der Waals surface area contributed by atoms with E-state index in [9.17, 15) is 15.3 Å². The number of hydrogen-bond acceptors (Lipinski definition) is 4. The average molecular weight is 323 g/mol. The van der Waals surface area contributed by atoms with Gasteiger partial charge in [-0.25, -0.2) is 0 Å². The van der Waals surface area contributed by atoms with Crippen LogP contribution in [0.2, 0.25) is 0 Å². The molecule has 0 bridgehead atoms. The molecule has 0 amide bonds. The van der Waals surface area contributed by atoms with Crippen LogP contribution in [0.1, 0.15) is 53.4 Å². The molecule has 0 radical (unpaired) electrons. The van der Waals surface area contributed by atoms with E-state index in [1.54, 1.807) is 6.92 Å². The minimum Gasteiger partial charge on any atom is -0.390 e. The highest BCUT2D eigenvalue weighted by atomic mass is 16.3. The molecule has 0 aromatic carbocycles. The topological polar surface area (TPSA) is 63.9 Å². The van der Waals surface area contributed by atoms with Gasteiger partial charge < -0.3 is 15.3 Å². The van der Waals surface area contributed by atoms with Crippen LogP contribution < -0.4 is 0 Å². The monoisotopic (exact) mass is 323 g/mol. The van der Waals surface area contributed by atoms with Crippen LogP contribution in [0.25, 0.3) is 0 Å². The maximum Gasteiger partial charge on any atom is 0.100 e. The first-order chi connectivity index (χ1) is 10.7. The summed E-state index contributed by atoms with van der Waals surface area (Å²) < 4.78 is 0. The summed E-state index contributed by atoms with van der Waals surface area (Å²) >= 11 is 0. The second-order valence-corrected chi connectivity index (χ2v) is 7.83. The van der Waals surface area contributed by atoms with Crippen molar-refractivity contribution in [3.63, 3.8) is 0 Å². The zero-order chi connectivity index (χ0) is 17.2. The highest BCUT2D eigenvalue weighted by Crippen LogP contribution is 2.37. The van der Waals surface area contributed by atoms with Crippen LogP contribution in [0.5, 0.6) is 0 Å². The normalized spacial score (nSPS) is 35.2.